The first-order valence-corrected chi connectivity index (χ1v) is 20.0. The first-order chi connectivity index (χ1) is 27.8. The van der Waals surface area contributed by atoms with Gasteiger partial charge < -0.3 is 4.90 Å². The summed E-state index contributed by atoms with van der Waals surface area (Å²) in [6.45, 7) is 0. The molecule has 0 bridgehead atoms. The summed E-state index contributed by atoms with van der Waals surface area (Å²) in [6, 6.07) is 77.7. The Morgan fingerprint density at radius 3 is 1.62 bits per heavy atom. The molecule has 1 heterocycles. The number of thiophene rings is 1. The van der Waals surface area contributed by atoms with Gasteiger partial charge in [-0.1, -0.05) is 164 Å². The van der Waals surface area contributed by atoms with Gasteiger partial charge in [0.15, 0.2) is 0 Å². The second-order valence-corrected chi connectivity index (χ2v) is 15.5. The molecule has 0 aliphatic heterocycles. The van der Waals surface area contributed by atoms with Crippen molar-refractivity contribution < 1.29 is 0 Å². The number of anilines is 3. The Kier molecular flexibility index (Phi) is 7.75. The highest BCUT2D eigenvalue weighted by Gasteiger charge is 2.17. The predicted molar refractivity (Wildman–Crippen MR) is 243 cm³/mol. The number of benzene rings is 10. The molecule has 0 N–H and O–H groups in total. The van der Waals surface area contributed by atoms with Crippen LogP contribution < -0.4 is 4.90 Å². The molecule has 0 unspecified atom stereocenters. The SMILES string of the molecule is c1cc(-c2cccc3ccccc23)cc(N(c2ccc(-c3cc4ccccc4c4ccccc34)cc2)c2ccc(-c3cccc4c3sc3ccccc34)cc2)c1. The molecule has 1 aromatic heterocycles. The lowest BCUT2D eigenvalue weighted by atomic mass is 9.93. The van der Waals surface area contributed by atoms with Gasteiger partial charge in [-0.25, -0.2) is 0 Å². The first kappa shape index (κ1) is 32.4. The zero-order valence-electron chi connectivity index (χ0n) is 30.6. The van der Waals surface area contributed by atoms with E-state index in [0.29, 0.717) is 0 Å². The van der Waals surface area contributed by atoms with Crippen LogP contribution in [0.3, 0.4) is 0 Å². The van der Waals surface area contributed by atoms with E-state index in [-0.39, 0.29) is 0 Å². The van der Waals surface area contributed by atoms with Crippen molar-refractivity contribution in [2.24, 2.45) is 0 Å². The normalized spacial score (nSPS) is 11.6. The van der Waals surface area contributed by atoms with Crippen molar-refractivity contribution in [2.45, 2.75) is 0 Å². The third-order valence-corrected chi connectivity index (χ3v) is 12.5. The Labute approximate surface area is 330 Å². The lowest BCUT2D eigenvalue weighted by Crippen LogP contribution is -2.10. The molecule has 0 atom stereocenters. The van der Waals surface area contributed by atoms with E-state index in [1.165, 1.54) is 85.9 Å². The first-order valence-electron chi connectivity index (χ1n) is 19.2. The number of hydrogen-bond acceptors (Lipinski definition) is 2. The van der Waals surface area contributed by atoms with E-state index >= 15 is 0 Å². The van der Waals surface area contributed by atoms with Crippen LogP contribution in [0.4, 0.5) is 17.1 Å². The Morgan fingerprint density at radius 1 is 0.286 bits per heavy atom. The Balaban J connectivity index is 1.04. The zero-order valence-corrected chi connectivity index (χ0v) is 31.4. The fourth-order valence-electron chi connectivity index (χ4n) is 8.58. The van der Waals surface area contributed by atoms with Crippen LogP contribution in [-0.2, 0) is 0 Å². The van der Waals surface area contributed by atoms with Gasteiger partial charge >= 0.3 is 0 Å². The number of rotatable bonds is 6. The van der Waals surface area contributed by atoms with E-state index in [1.54, 1.807) is 0 Å². The molecule has 0 radical (unpaired) electrons. The molecule has 0 saturated carbocycles. The van der Waals surface area contributed by atoms with Crippen LogP contribution in [0, 0.1) is 0 Å². The molecular weight excluding hydrogens is 695 g/mol. The average Bonchev–Trinajstić information content (AvgIpc) is 3.66. The second-order valence-electron chi connectivity index (χ2n) is 14.5. The van der Waals surface area contributed by atoms with E-state index in [1.807, 2.05) is 11.3 Å². The largest absolute Gasteiger partial charge is 0.310 e. The Morgan fingerprint density at radius 2 is 0.839 bits per heavy atom. The Hall–Kier alpha value is -7.00. The number of nitrogens with zero attached hydrogens (tertiary/aromatic N) is 1. The minimum Gasteiger partial charge on any atom is -0.310 e. The fourth-order valence-corrected chi connectivity index (χ4v) is 9.82. The van der Waals surface area contributed by atoms with Gasteiger partial charge in [-0.15, -0.1) is 11.3 Å². The van der Waals surface area contributed by atoms with Gasteiger partial charge in [-0.3, -0.25) is 0 Å². The van der Waals surface area contributed by atoms with E-state index in [9.17, 15) is 0 Å². The quantitative estimate of drug-likeness (QED) is 0.154. The van der Waals surface area contributed by atoms with E-state index in [2.05, 4.69) is 217 Å². The summed E-state index contributed by atoms with van der Waals surface area (Å²) in [5.74, 6) is 0. The molecule has 0 aliphatic rings. The third kappa shape index (κ3) is 5.46. The van der Waals surface area contributed by atoms with Gasteiger partial charge in [0.05, 0.1) is 0 Å². The topological polar surface area (TPSA) is 3.24 Å². The van der Waals surface area contributed by atoms with Crippen molar-refractivity contribution in [3.8, 4) is 33.4 Å². The van der Waals surface area contributed by atoms with Crippen molar-refractivity contribution in [1.82, 2.24) is 0 Å². The average molecular weight is 730 g/mol. The lowest BCUT2D eigenvalue weighted by Gasteiger charge is -2.26. The summed E-state index contributed by atoms with van der Waals surface area (Å²) >= 11 is 1.88. The van der Waals surface area contributed by atoms with Crippen molar-refractivity contribution in [2.75, 3.05) is 4.90 Å². The highest BCUT2D eigenvalue weighted by molar-refractivity contribution is 7.26. The third-order valence-electron chi connectivity index (χ3n) is 11.3. The van der Waals surface area contributed by atoms with Crippen LogP contribution in [0.25, 0.3) is 85.9 Å². The predicted octanol–water partition coefficient (Wildman–Crippen LogP) is 16.0. The zero-order chi connectivity index (χ0) is 37.0. The van der Waals surface area contributed by atoms with Gasteiger partial charge in [-0.05, 0) is 114 Å². The molecule has 56 heavy (non-hydrogen) atoms. The monoisotopic (exact) mass is 729 g/mol. The number of fused-ring (bicyclic) bond motifs is 7. The molecule has 11 rings (SSSR count). The van der Waals surface area contributed by atoms with Crippen LogP contribution in [-0.4, -0.2) is 0 Å². The van der Waals surface area contributed by atoms with Crippen LogP contribution in [0.5, 0.6) is 0 Å². The van der Waals surface area contributed by atoms with Crippen LogP contribution in [0.15, 0.2) is 212 Å². The van der Waals surface area contributed by atoms with E-state index in [0.717, 1.165) is 17.1 Å². The molecule has 1 nitrogen and oxygen atoms in total. The minimum atomic E-state index is 1.10. The molecule has 0 amide bonds. The van der Waals surface area contributed by atoms with Crippen molar-refractivity contribution in [1.29, 1.82) is 0 Å². The summed E-state index contributed by atoms with van der Waals surface area (Å²) in [5, 5.41) is 10.2. The molecule has 0 aliphatic carbocycles. The second kappa shape index (κ2) is 13.4. The fraction of sp³-hybridized carbons (Fsp3) is 0. The van der Waals surface area contributed by atoms with Gasteiger partial charge in [0.2, 0.25) is 0 Å². The summed E-state index contributed by atoms with van der Waals surface area (Å²) in [4.78, 5) is 2.39. The molecular formula is C54H35NS. The molecule has 10 aromatic carbocycles. The summed E-state index contributed by atoms with van der Waals surface area (Å²) in [5.41, 5.74) is 10.7. The summed E-state index contributed by atoms with van der Waals surface area (Å²) < 4.78 is 2.65. The molecule has 0 saturated heterocycles. The van der Waals surface area contributed by atoms with Crippen LogP contribution >= 0.6 is 11.3 Å². The smallest absolute Gasteiger partial charge is 0.0467 e. The van der Waals surface area contributed by atoms with Crippen LogP contribution in [0.2, 0.25) is 0 Å². The maximum absolute atomic E-state index is 2.39. The minimum absolute atomic E-state index is 1.10. The van der Waals surface area contributed by atoms with Crippen molar-refractivity contribution in [3.05, 3.63) is 212 Å². The molecule has 11 aromatic rings. The molecule has 2 heteroatoms. The summed E-state index contributed by atoms with van der Waals surface area (Å²) in [7, 11) is 0. The maximum atomic E-state index is 2.39. The van der Waals surface area contributed by atoms with E-state index < -0.39 is 0 Å². The Bertz CT molecular complexity index is 3240. The number of hydrogen-bond donors (Lipinski definition) is 0. The van der Waals surface area contributed by atoms with Gasteiger partial charge in [0.25, 0.3) is 0 Å². The highest BCUT2D eigenvalue weighted by atomic mass is 32.1. The van der Waals surface area contributed by atoms with Crippen LogP contribution in [0.1, 0.15) is 0 Å². The van der Waals surface area contributed by atoms with Gasteiger partial charge in [-0.2, -0.15) is 0 Å². The summed E-state index contributed by atoms with van der Waals surface area (Å²) in [6.07, 6.45) is 0. The van der Waals surface area contributed by atoms with E-state index in [4.69, 9.17) is 0 Å². The van der Waals surface area contributed by atoms with Crippen molar-refractivity contribution >= 4 is 80.9 Å². The standard InChI is InChI=1S/C54H35NS/c1-3-17-44-36(12-1)14-10-22-45(44)39-15-9-16-43(34-39)55(41-30-26-37(27-31-41)47-23-11-24-51-50-21-7-8-25-53(50)56-54(47)51)42-32-28-38(29-33-42)52-35-40-13-2-4-18-46(40)48-19-5-6-20-49(48)52/h1-35H. The van der Waals surface area contributed by atoms with Gasteiger partial charge in [0.1, 0.15) is 0 Å². The maximum Gasteiger partial charge on any atom is 0.0467 e. The molecule has 0 fully saturated rings. The van der Waals surface area contributed by atoms with Gasteiger partial charge in [0, 0.05) is 37.2 Å². The molecule has 0 spiro atoms. The van der Waals surface area contributed by atoms with Crippen molar-refractivity contribution in [3.63, 3.8) is 0 Å². The lowest BCUT2D eigenvalue weighted by molar-refractivity contribution is 1.28. The highest BCUT2D eigenvalue weighted by Crippen LogP contribution is 2.43. The molecule has 262 valence electrons.